The van der Waals surface area contributed by atoms with Crippen molar-refractivity contribution in [3.05, 3.63) is 64.8 Å². The zero-order valence-electron chi connectivity index (χ0n) is 20.6. The van der Waals surface area contributed by atoms with E-state index in [4.69, 9.17) is 20.2 Å². The van der Waals surface area contributed by atoms with Gasteiger partial charge in [0, 0.05) is 43.2 Å². The summed E-state index contributed by atoms with van der Waals surface area (Å²) in [6, 6.07) is 13.9. The number of aliphatic hydroxyl groups excluding tert-OH is 1. The minimum Gasteiger partial charge on any atom is -0.394 e. The van der Waals surface area contributed by atoms with E-state index in [-0.39, 0.29) is 17.9 Å². The Morgan fingerprint density at radius 1 is 1.11 bits per heavy atom. The van der Waals surface area contributed by atoms with Gasteiger partial charge in [-0.05, 0) is 36.8 Å². The number of carbonyl (C=O) groups is 1. The van der Waals surface area contributed by atoms with Crippen molar-refractivity contribution < 1.29 is 19.4 Å². The molecule has 0 saturated carbocycles. The second-order valence-electron chi connectivity index (χ2n) is 8.78. The summed E-state index contributed by atoms with van der Waals surface area (Å²) in [5, 5.41) is 14.0. The lowest BCUT2D eigenvalue weighted by atomic mass is 10.1. The molecule has 2 aliphatic rings. The molecular formula is C26H35N5O4S. The van der Waals surface area contributed by atoms with Gasteiger partial charge in [0.15, 0.2) is 0 Å². The number of amides is 1. The number of nitrogens with two attached hydrogens (primary N) is 1. The van der Waals surface area contributed by atoms with Crippen LogP contribution >= 0.6 is 11.8 Å². The van der Waals surface area contributed by atoms with Crippen LogP contribution in [0, 0.1) is 0 Å². The Balaban J connectivity index is 1.44. The average Bonchev–Trinajstić information content (AvgIpc) is 2.90. The molecule has 2 atom stereocenters. The van der Waals surface area contributed by atoms with Crippen LogP contribution in [0.25, 0.3) is 0 Å². The van der Waals surface area contributed by atoms with Gasteiger partial charge in [0.05, 0.1) is 49.8 Å². The summed E-state index contributed by atoms with van der Waals surface area (Å²) >= 11 is 1.51. The number of nitrogens with one attached hydrogen (secondary N) is 1. The number of hydrogen-bond acceptors (Lipinski definition) is 9. The predicted octanol–water partition coefficient (Wildman–Crippen LogP) is 2.52. The van der Waals surface area contributed by atoms with Crippen molar-refractivity contribution in [1.29, 1.82) is 0 Å². The second kappa shape index (κ2) is 13.1. The lowest BCUT2D eigenvalue weighted by molar-refractivity contribution is -0.113. The molecule has 0 bridgehead atoms. The third-order valence-electron chi connectivity index (χ3n) is 6.34. The molecule has 3 heterocycles. The number of anilines is 2. The Bertz CT molecular complexity index is 1020. The number of benzene rings is 1. The molecule has 0 spiro atoms. The van der Waals surface area contributed by atoms with E-state index in [0.29, 0.717) is 24.1 Å². The van der Waals surface area contributed by atoms with E-state index in [1.165, 1.54) is 23.5 Å². The molecule has 36 heavy (non-hydrogen) atoms. The van der Waals surface area contributed by atoms with Crippen molar-refractivity contribution in [2.45, 2.75) is 18.2 Å². The molecule has 2 aliphatic heterocycles. The van der Waals surface area contributed by atoms with Gasteiger partial charge in [-0.2, -0.15) is 0 Å². The van der Waals surface area contributed by atoms with Gasteiger partial charge in [0.25, 0.3) is 0 Å². The molecule has 1 amide bonds. The molecule has 0 aliphatic carbocycles. The Labute approximate surface area is 216 Å². The maximum absolute atomic E-state index is 11.8. The van der Waals surface area contributed by atoms with E-state index >= 15 is 0 Å². The first-order chi connectivity index (χ1) is 17.5. The number of pyridine rings is 1. The van der Waals surface area contributed by atoms with Gasteiger partial charge in [0.2, 0.25) is 5.91 Å². The molecule has 1 aromatic heterocycles. The number of thioether (sulfide) groups is 1. The molecule has 2 aromatic rings. The summed E-state index contributed by atoms with van der Waals surface area (Å²) in [5.41, 5.74) is 8.60. The van der Waals surface area contributed by atoms with Crippen molar-refractivity contribution in [3.8, 4) is 0 Å². The standard InChI is InChI=1S/C26H35N5O4S/c1-19(20-5-7-21(8-6-20)30-9-13-34-14-10-30)36-26(17-24(27)33)29-25-4-2-3-22(28-25)23(18-32)31-11-15-35-16-12-31/h2-8,17,19,23,32H,9-16,18H2,1H3,(H2,27,33)(H,28,29)/b26-17+. The third kappa shape index (κ3) is 7.21. The lowest BCUT2D eigenvalue weighted by Crippen LogP contribution is -2.40. The van der Waals surface area contributed by atoms with Crippen LogP contribution < -0.4 is 16.0 Å². The Kier molecular flexibility index (Phi) is 9.60. The minimum absolute atomic E-state index is 0.0351. The summed E-state index contributed by atoms with van der Waals surface area (Å²) in [7, 11) is 0. The number of morpholine rings is 2. The highest BCUT2D eigenvalue weighted by molar-refractivity contribution is 8.03. The van der Waals surface area contributed by atoms with Crippen LogP contribution in [0.4, 0.5) is 11.5 Å². The van der Waals surface area contributed by atoms with E-state index in [9.17, 15) is 9.90 Å². The number of aliphatic hydroxyl groups is 1. The van der Waals surface area contributed by atoms with Crippen LogP contribution in [0.5, 0.6) is 0 Å². The van der Waals surface area contributed by atoms with Crippen molar-refractivity contribution in [2.24, 2.45) is 5.73 Å². The topological polar surface area (TPSA) is 113 Å². The smallest absolute Gasteiger partial charge is 0.244 e. The fourth-order valence-electron chi connectivity index (χ4n) is 4.38. The molecular weight excluding hydrogens is 478 g/mol. The molecule has 2 unspecified atom stereocenters. The zero-order chi connectivity index (χ0) is 25.3. The zero-order valence-corrected chi connectivity index (χ0v) is 21.5. The molecule has 2 saturated heterocycles. The van der Waals surface area contributed by atoms with Crippen molar-refractivity contribution in [3.63, 3.8) is 0 Å². The molecule has 9 nitrogen and oxygen atoms in total. The summed E-state index contributed by atoms with van der Waals surface area (Å²) in [6.45, 7) is 8.13. The van der Waals surface area contributed by atoms with Gasteiger partial charge < -0.3 is 30.5 Å². The van der Waals surface area contributed by atoms with E-state index in [1.807, 2.05) is 18.2 Å². The number of nitrogens with zero attached hydrogens (tertiary/aromatic N) is 3. The SMILES string of the molecule is CC(S/C(=C/C(N)=O)Nc1cccc(C(CO)N2CCOCC2)n1)c1ccc(N2CCOCC2)cc1. The molecule has 2 fully saturated rings. The van der Waals surface area contributed by atoms with Crippen LogP contribution in [0.2, 0.25) is 0 Å². The number of hydrogen-bond donors (Lipinski definition) is 3. The minimum atomic E-state index is -0.530. The van der Waals surface area contributed by atoms with Gasteiger partial charge >= 0.3 is 0 Å². The van der Waals surface area contributed by atoms with Crippen LogP contribution in [0.3, 0.4) is 0 Å². The second-order valence-corrected chi connectivity index (χ2v) is 10.2. The van der Waals surface area contributed by atoms with Gasteiger partial charge in [-0.3, -0.25) is 9.69 Å². The van der Waals surface area contributed by atoms with Gasteiger partial charge in [-0.1, -0.05) is 18.2 Å². The van der Waals surface area contributed by atoms with Gasteiger partial charge in [-0.15, -0.1) is 11.8 Å². The highest BCUT2D eigenvalue weighted by Gasteiger charge is 2.23. The molecule has 0 radical (unpaired) electrons. The van der Waals surface area contributed by atoms with Crippen LogP contribution in [0.1, 0.15) is 29.5 Å². The number of aromatic nitrogens is 1. The first-order valence-electron chi connectivity index (χ1n) is 12.3. The summed E-state index contributed by atoms with van der Waals surface area (Å²) in [6.07, 6.45) is 1.39. The first kappa shape index (κ1) is 26.4. The van der Waals surface area contributed by atoms with Crippen molar-refractivity contribution >= 4 is 29.2 Å². The summed E-state index contributed by atoms with van der Waals surface area (Å²) in [4.78, 5) is 21.0. The Hall–Kier alpha value is -2.63. The monoisotopic (exact) mass is 513 g/mol. The van der Waals surface area contributed by atoms with Crippen LogP contribution in [-0.4, -0.2) is 80.1 Å². The summed E-state index contributed by atoms with van der Waals surface area (Å²) in [5.74, 6) is 0.0617. The number of carbonyl (C=O) groups excluding carboxylic acids is 1. The quantitative estimate of drug-likeness (QED) is 0.413. The van der Waals surface area contributed by atoms with E-state index in [1.54, 1.807) is 0 Å². The van der Waals surface area contributed by atoms with Gasteiger partial charge in [-0.25, -0.2) is 4.98 Å². The largest absolute Gasteiger partial charge is 0.394 e. The molecule has 4 rings (SSSR count). The highest BCUT2D eigenvalue weighted by Crippen LogP contribution is 2.35. The predicted molar refractivity (Wildman–Crippen MR) is 143 cm³/mol. The highest BCUT2D eigenvalue weighted by atomic mass is 32.2. The van der Waals surface area contributed by atoms with Gasteiger partial charge in [0.1, 0.15) is 5.82 Å². The Morgan fingerprint density at radius 2 is 1.78 bits per heavy atom. The number of ether oxygens (including phenoxy) is 2. The average molecular weight is 514 g/mol. The normalized spacial score (nSPS) is 19.1. The molecule has 194 valence electrons. The molecule has 10 heteroatoms. The molecule has 4 N–H and O–H groups in total. The van der Waals surface area contributed by atoms with Crippen LogP contribution in [0.15, 0.2) is 53.6 Å². The third-order valence-corrected chi connectivity index (χ3v) is 7.44. The fraction of sp³-hybridized carbons (Fsp3) is 0.462. The van der Waals surface area contributed by atoms with Crippen molar-refractivity contribution in [2.75, 3.05) is 69.4 Å². The fourth-order valence-corrected chi connectivity index (χ4v) is 5.40. The summed E-state index contributed by atoms with van der Waals surface area (Å²) < 4.78 is 10.9. The first-order valence-corrected chi connectivity index (χ1v) is 13.2. The lowest BCUT2D eigenvalue weighted by Gasteiger charge is -2.33. The van der Waals surface area contributed by atoms with Crippen molar-refractivity contribution in [1.82, 2.24) is 9.88 Å². The number of primary amides is 1. The van der Waals surface area contributed by atoms with Crippen LogP contribution in [-0.2, 0) is 14.3 Å². The Morgan fingerprint density at radius 3 is 2.42 bits per heavy atom. The molecule has 1 aromatic carbocycles. The van der Waals surface area contributed by atoms with E-state index < -0.39 is 5.91 Å². The van der Waals surface area contributed by atoms with E-state index in [0.717, 1.165) is 50.7 Å². The maximum atomic E-state index is 11.8. The number of rotatable bonds is 10. The maximum Gasteiger partial charge on any atom is 0.244 e. The van der Waals surface area contributed by atoms with E-state index in [2.05, 4.69) is 46.3 Å².